The highest BCUT2D eigenvalue weighted by Crippen LogP contribution is 2.27. The molecule has 0 bridgehead atoms. The number of halogens is 1. The van der Waals surface area contributed by atoms with Crippen molar-refractivity contribution in [3.8, 4) is 0 Å². The Labute approximate surface area is 132 Å². The highest BCUT2D eigenvalue weighted by atomic mass is 79.9. The van der Waals surface area contributed by atoms with Crippen LogP contribution in [0.5, 0.6) is 0 Å². The summed E-state index contributed by atoms with van der Waals surface area (Å²) in [6.45, 7) is 2.05. The number of rotatable bonds is 3. The number of carbonyl (C=O) groups is 2. The van der Waals surface area contributed by atoms with Crippen LogP contribution in [0, 0.1) is 0 Å². The average molecular weight is 355 g/mol. The van der Waals surface area contributed by atoms with Gasteiger partial charge in [-0.3, -0.25) is 0 Å². The Morgan fingerprint density at radius 1 is 1.19 bits per heavy atom. The predicted octanol–water partition coefficient (Wildman–Crippen LogP) is 3.99. The summed E-state index contributed by atoms with van der Waals surface area (Å²) in [6, 6.07) is 4.31. The maximum absolute atomic E-state index is 12.1. The van der Waals surface area contributed by atoms with E-state index in [0.717, 1.165) is 25.7 Å². The van der Waals surface area contributed by atoms with Gasteiger partial charge in [0, 0.05) is 15.7 Å². The Hall–Kier alpha value is -1.56. The summed E-state index contributed by atoms with van der Waals surface area (Å²) in [5.74, 6) is -1.03. The third kappa shape index (κ3) is 4.46. The fourth-order valence-electron chi connectivity index (χ4n) is 2.68. The van der Waals surface area contributed by atoms with E-state index in [-0.39, 0.29) is 17.1 Å². The van der Waals surface area contributed by atoms with E-state index >= 15 is 0 Å². The molecule has 1 aliphatic rings. The van der Waals surface area contributed by atoms with Crippen molar-refractivity contribution in [2.45, 2.75) is 44.6 Å². The van der Waals surface area contributed by atoms with Gasteiger partial charge in [-0.25, -0.2) is 9.59 Å². The molecule has 1 aromatic carbocycles. The van der Waals surface area contributed by atoms with E-state index < -0.39 is 5.97 Å². The quantitative estimate of drug-likeness (QED) is 0.767. The monoisotopic (exact) mass is 354 g/mol. The Balaban J connectivity index is 2.04. The molecule has 1 fully saturated rings. The fraction of sp³-hybridized carbons (Fsp3) is 0.467. The van der Waals surface area contributed by atoms with E-state index in [0.29, 0.717) is 10.2 Å². The van der Waals surface area contributed by atoms with Crippen LogP contribution in [-0.4, -0.2) is 22.6 Å². The van der Waals surface area contributed by atoms with E-state index in [1.54, 1.807) is 6.07 Å². The molecule has 3 N–H and O–H groups in total. The Kier molecular flexibility index (Phi) is 4.88. The van der Waals surface area contributed by atoms with Gasteiger partial charge in [0.05, 0.1) is 5.56 Å². The Morgan fingerprint density at radius 2 is 1.86 bits per heavy atom. The van der Waals surface area contributed by atoms with Gasteiger partial charge in [-0.15, -0.1) is 0 Å². The third-order valence-corrected chi connectivity index (χ3v) is 4.23. The molecular formula is C15H19BrN2O3. The van der Waals surface area contributed by atoms with Crippen LogP contribution in [0.2, 0.25) is 0 Å². The molecule has 5 nitrogen and oxygen atoms in total. The number of carboxylic acids is 1. The van der Waals surface area contributed by atoms with E-state index in [1.807, 2.05) is 0 Å². The Bertz CT molecular complexity index is 554. The zero-order valence-corrected chi connectivity index (χ0v) is 13.5. The second kappa shape index (κ2) is 6.47. The first-order valence-corrected chi connectivity index (χ1v) is 7.80. The number of carboxylic acid groups (broad SMARTS) is 1. The number of aromatic carboxylic acids is 1. The lowest BCUT2D eigenvalue weighted by atomic mass is 9.83. The van der Waals surface area contributed by atoms with Crippen LogP contribution in [0.3, 0.4) is 0 Å². The molecule has 0 aliphatic heterocycles. The minimum absolute atomic E-state index is 0.128. The summed E-state index contributed by atoms with van der Waals surface area (Å²) >= 11 is 3.25. The maximum Gasteiger partial charge on any atom is 0.335 e. The molecule has 21 heavy (non-hydrogen) atoms. The van der Waals surface area contributed by atoms with Gasteiger partial charge in [0.25, 0.3) is 0 Å². The third-order valence-electron chi connectivity index (χ3n) is 3.78. The van der Waals surface area contributed by atoms with Crippen LogP contribution in [-0.2, 0) is 0 Å². The van der Waals surface area contributed by atoms with Gasteiger partial charge < -0.3 is 15.7 Å². The van der Waals surface area contributed by atoms with Gasteiger partial charge in [0.2, 0.25) is 0 Å². The lowest BCUT2D eigenvalue weighted by molar-refractivity contribution is 0.0696. The standard InChI is InChI=1S/C15H19BrN2O3/c1-15(5-3-2-4-6-15)18-14(21)17-12-8-10(13(19)20)7-11(16)9-12/h7-9H,2-6H2,1H3,(H,19,20)(H2,17,18,21). The molecule has 1 saturated carbocycles. The zero-order chi connectivity index (χ0) is 15.5. The molecule has 0 saturated heterocycles. The Morgan fingerprint density at radius 3 is 2.48 bits per heavy atom. The van der Waals surface area contributed by atoms with Crippen molar-refractivity contribution < 1.29 is 14.7 Å². The first-order valence-electron chi connectivity index (χ1n) is 7.01. The van der Waals surface area contributed by atoms with Crippen molar-refractivity contribution in [3.63, 3.8) is 0 Å². The van der Waals surface area contributed by atoms with Gasteiger partial charge in [-0.05, 0) is 38.0 Å². The first-order chi connectivity index (χ1) is 9.88. The second-order valence-electron chi connectivity index (χ2n) is 5.73. The summed E-state index contributed by atoms with van der Waals surface area (Å²) in [5, 5.41) is 14.7. The van der Waals surface area contributed by atoms with Crippen molar-refractivity contribution in [2.75, 3.05) is 5.32 Å². The number of anilines is 1. The molecule has 0 atom stereocenters. The van der Waals surface area contributed by atoms with Crippen LogP contribution in [0.4, 0.5) is 10.5 Å². The lowest BCUT2D eigenvalue weighted by Gasteiger charge is -2.34. The van der Waals surface area contributed by atoms with Gasteiger partial charge in [0.1, 0.15) is 0 Å². The van der Waals surface area contributed by atoms with Crippen LogP contribution in [0.1, 0.15) is 49.4 Å². The van der Waals surface area contributed by atoms with Crippen LogP contribution in [0.25, 0.3) is 0 Å². The molecule has 1 aromatic rings. The van der Waals surface area contributed by atoms with Crippen molar-refractivity contribution in [1.82, 2.24) is 5.32 Å². The number of hydrogen-bond donors (Lipinski definition) is 3. The van der Waals surface area contributed by atoms with Gasteiger partial charge in [-0.1, -0.05) is 35.2 Å². The van der Waals surface area contributed by atoms with Gasteiger partial charge in [0.15, 0.2) is 0 Å². The largest absolute Gasteiger partial charge is 0.478 e. The molecule has 0 radical (unpaired) electrons. The van der Waals surface area contributed by atoms with E-state index in [1.165, 1.54) is 18.6 Å². The number of urea groups is 1. The topological polar surface area (TPSA) is 78.4 Å². The summed E-state index contributed by atoms with van der Waals surface area (Å²) in [7, 11) is 0. The smallest absolute Gasteiger partial charge is 0.335 e. The number of amides is 2. The fourth-order valence-corrected chi connectivity index (χ4v) is 3.17. The number of benzene rings is 1. The number of nitrogens with one attached hydrogen (secondary N) is 2. The minimum atomic E-state index is -1.03. The summed E-state index contributed by atoms with van der Waals surface area (Å²) in [5.41, 5.74) is 0.409. The van der Waals surface area contributed by atoms with Crippen molar-refractivity contribution >= 4 is 33.6 Å². The highest BCUT2D eigenvalue weighted by Gasteiger charge is 2.28. The van der Waals surface area contributed by atoms with Crippen molar-refractivity contribution in [2.24, 2.45) is 0 Å². The molecule has 114 valence electrons. The molecular weight excluding hydrogens is 336 g/mol. The van der Waals surface area contributed by atoms with Gasteiger partial charge in [-0.2, -0.15) is 0 Å². The second-order valence-corrected chi connectivity index (χ2v) is 6.65. The first kappa shape index (κ1) is 15.8. The van der Waals surface area contributed by atoms with Crippen LogP contribution in [0.15, 0.2) is 22.7 Å². The number of hydrogen-bond acceptors (Lipinski definition) is 2. The molecule has 0 unspecified atom stereocenters. The summed E-state index contributed by atoms with van der Waals surface area (Å²) < 4.78 is 0.613. The van der Waals surface area contributed by atoms with Crippen LogP contribution < -0.4 is 10.6 Å². The maximum atomic E-state index is 12.1. The van der Waals surface area contributed by atoms with Crippen LogP contribution >= 0.6 is 15.9 Å². The molecule has 0 aromatic heterocycles. The average Bonchev–Trinajstić information content (AvgIpc) is 2.37. The predicted molar refractivity (Wildman–Crippen MR) is 84.7 cm³/mol. The summed E-state index contributed by atoms with van der Waals surface area (Å²) in [6.07, 6.45) is 5.40. The molecule has 0 heterocycles. The zero-order valence-electron chi connectivity index (χ0n) is 11.9. The van der Waals surface area contributed by atoms with Crippen molar-refractivity contribution in [3.05, 3.63) is 28.2 Å². The minimum Gasteiger partial charge on any atom is -0.478 e. The molecule has 0 spiro atoms. The molecule has 2 amide bonds. The van der Waals surface area contributed by atoms with E-state index in [4.69, 9.17) is 5.11 Å². The molecule has 2 rings (SSSR count). The molecule has 6 heteroatoms. The lowest BCUT2D eigenvalue weighted by Crippen LogP contribution is -2.48. The van der Waals surface area contributed by atoms with E-state index in [2.05, 4.69) is 33.5 Å². The summed E-state index contributed by atoms with van der Waals surface area (Å²) in [4.78, 5) is 23.1. The SMILES string of the molecule is CC1(NC(=O)Nc2cc(Br)cc(C(=O)O)c2)CCCCC1. The molecule has 1 aliphatic carbocycles. The van der Waals surface area contributed by atoms with Gasteiger partial charge >= 0.3 is 12.0 Å². The number of carbonyl (C=O) groups excluding carboxylic acids is 1. The van der Waals surface area contributed by atoms with Crippen molar-refractivity contribution in [1.29, 1.82) is 0 Å². The normalized spacial score (nSPS) is 17.0. The highest BCUT2D eigenvalue weighted by molar-refractivity contribution is 9.10. The van der Waals surface area contributed by atoms with E-state index in [9.17, 15) is 9.59 Å².